The summed E-state index contributed by atoms with van der Waals surface area (Å²) in [6, 6.07) is 7.75. The van der Waals surface area contributed by atoms with Crippen molar-refractivity contribution in [3.05, 3.63) is 46.4 Å². The summed E-state index contributed by atoms with van der Waals surface area (Å²) in [4.78, 5) is 8.47. The first-order valence-electron chi connectivity index (χ1n) is 6.94. The Kier molecular flexibility index (Phi) is 5.39. The Morgan fingerprint density at radius 2 is 1.71 bits per heavy atom. The maximum atomic E-state index is 5.95. The van der Waals surface area contributed by atoms with E-state index in [2.05, 4.69) is 16.0 Å². The highest BCUT2D eigenvalue weighted by molar-refractivity contribution is 6.29. The molecule has 112 valence electrons. The highest BCUT2D eigenvalue weighted by atomic mass is 35.5. The molecule has 0 N–H and O–H groups in total. The van der Waals surface area contributed by atoms with Crippen molar-refractivity contribution in [1.29, 1.82) is 0 Å². The fourth-order valence-corrected chi connectivity index (χ4v) is 2.24. The molecule has 0 aliphatic carbocycles. The van der Waals surface area contributed by atoms with E-state index in [4.69, 9.17) is 21.1 Å². The van der Waals surface area contributed by atoms with Crippen LogP contribution in [0.25, 0.3) is 0 Å². The van der Waals surface area contributed by atoms with Crippen LogP contribution >= 0.6 is 11.6 Å². The molecule has 0 saturated carbocycles. The standard InChI is InChI=1S/C16H19ClN2O2/c1-4-20-16-10-14(17)18-15(19-16)5-6-21-13-8-11(2)7-12(3)9-13/h7-10H,4-6H2,1-3H3. The molecule has 0 bridgehead atoms. The van der Waals surface area contributed by atoms with Gasteiger partial charge in [0.1, 0.15) is 16.7 Å². The van der Waals surface area contributed by atoms with Crippen LogP contribution in [0.3, 0.4) is 0 Å². The van der Waals surface area contributed by atoms with Gasteiger partial charge in [0, 0.05) is 12.5 Å². The van der Waals surface area contributed by atoms with Gasteiger partial charge in [0.15, 0.2) is 0 Å². The smallest absolute Gasteiger partial charge is 0.218 e. The summed E-state index contributed by atoms with van der Waals surface area (Å²) in [6.07, 6.45) is 0.577. The maximum absolute atomic E-state index is 5.95. The summed E-state index contributed by atoms with van der Waals surface area (Å²) < 4.78 is 11.1. The molecule has 0 amide bonds. The normalized spacial score (nSPS) is 10.5. The van der Waals surface area contributed by atoms with E-state index < -0.39 is 0 Å². The minimum Gasteiger partial charge on any atom is -0.493 e. The molecule has 0 radical (unpaired) electrons. The van der Waals surface area contributed by atoms with Gasteiger partial charge in [0.25, 0.3) is 0 Å². The molecule has 5 heteroatoms. The molecular weight excluding hydrogens is 288 g/mol. The highest BCUT2D eigenvalue weighted by Crippen LogP contribution is 2.17. The Morgan fingerprint density at radius 1 is 1.00 bits per heavy atom. The molecule has 0 fully saturated rings. The van der Waals surface area contributed by atoms with E-state index in [9.17, 15) is 0 Å². The number of hydrogen-bond donors (Lipinski definition) is 0. The van der Waals surface area contributed by atoms with Gasteiger partial charge in [-0.3, -0.25) is 0 Å². The van der Waals surface area contributed by atoms with Gasteiger partial charge >= 0.3 is 0 Å². The first kappa shape index (κ1) is 15.6. The molecule has 0 unspecified atom stereocenters. The predicted octanol–water partition coefficient (Wildman–Crippen LogP) is 3.77. The van der Waals surface area contributed by atoms with Crippen LogP contribution in [0.1, 0.15) is 23.9 Å². The van der Waals surface area contributed by atoms with Gasteiger partial charge in [-0.2, -0.15) is 4.98 Å². The summed E-state index contributed by atoms with van der Waals surface area (Å²) in [7, 11) is 0. The summed E-state index contributed by atoms with van der Waals surface area (Å²) >= 11 is 5.95. The molecule has 0 saturated heterocycles. The van der Waals surface area contributed by atoms with E-state index in [0.29, 0.717) is 36.5 Å². The third-order valence-corrected chi connectivity index (χ3v) is 2.99. The molecule has 0 aliphatic heterocycles. The van der Waals surface area contributed by atoms with E-state index in [-0.39, 0.29) is 0 Å². The Morgan fingerprint density at radius 3 is 2.38 bits per heavy atom. The lowest BCUT2D eigenvalue weighted by Crippen LogP contribution is -2.07. The fraction of sp³-hybridized carbons (Fsp3) is 0.375. The van der Waals surface area contributed by atoms with E-state index >= 15 is 0 Å². The SMILES string of the molecule is CCOc1cc(Cl)nc(CCOc2cc(C)cc(C)c2)n1. The molecular formula is C16H19ClN2O2. The molecule has 1 aromatic heterocycles. The number of rotatable bonds is 6. The van der Waals surface area contributed by atoms with Crippen molar-refractivity contribution in [3.8, 4) is 11.6 Å². The number of benzene rings is 1. The topological polar surface area (TPSA) is 44.2 Å². The van der Waals surface area contributed by atoms with Crippen LogP contribution in [0.4, 0.5) is 0 Å². The molecule has 4 nitrogen and oxygen atoms in total. The Hall–Kier alpha value is -1.81. The van der Waals surface area contributed by atoms with Crippen molar-refractivity contribution in [2.24, 2.45) is 0 Å². The third kappa shape index (κ3) is 4.90. The van der Waals surface area contributed by atoms with Crippen molar-refractivity contribution < 1.29 is 9.47 Å². The number of halogens is 1. The molecule has 0 spiro atoms. The minimum atomic E-state index is 0.384. The molecule has 2 rings (SSSR count). The number of nitrogens with zero attached hydrogens (tertiary/aromatic N) is 2. The van der Waals surface area contributed by atoms with Gasteiger partial charge in [-0.15, -0.1) is 0 Å². The second kappa shape index (κ2) is 7.27. The molecule has 1 heterocycles. The zero-order chi connectivity index (χ0) is 15.2. The maximum Gasteiger partial charge on any atom is 0.218 e. The van der Waals surface area contributed by atoms with E-state index in [1.807, 2.05) is 32.9 Å². The molecule has 0 atom stereocenters. The van der Waals surface area contributed by atoms with Crippen LogP contribution in [0.5, 0.6) is 11.6 Å². The van der Waals surface area contributed by atoms with Crippen molar-refractivity contribution in [2.75, 3.05) is 13.2 Å². The Balaban J connectivity index is 1.96. The van der Waals surface area contributed by atoms with Gasteiger partial charge in [-0.25, -0.2) is 4.98 Å². The summed E-state index contributed by atoms with van der Waals surface area (Å²) in [5.41, 5.74) is 2.37. The van der Waals surface area contributed by atoms with E-state index in [1.165, 1.54) is 11.1 Å². The first-order chi connectivity index (χ1) is 10.1. The Bertz CT molecular complexity index is 597. The monoisotopic (exact) mass is 306 g/mol. The van der Waals surface area contributed by atoms with Crippen molar-refractivity contribution in [3.63, 3.8) is 0 Å². The minimum absolute atomic E-state index is 0.384. The zero-order valence-corrected chi connectivity index (χ0v) is 13.3. The molecule has 0 aliphatic rings. The predicted molar refractivity (Wildman–Crippen MR) is 83.3 cm³/mol. The van der Waals surface area contributed by atoms with Crippen LogP contribution in [0.15, 0.2) is 24.3 Å². The fourth-order valence-electron chi connectivity index (χ4n) is 2.05. The van der Waals surface area contributed by atoms with Crippen molar-refractivity contribution in [2.45, 2.75) is 27.2 Å². The number of aromatic nitrogens is 2. The van der Waals surface area contributed by atoms with Gasteiger partial charge in [-0.05, 0) is 44.0 Å². The number of ether oxygens (including phenoxy) is 2. The molecule has 21 heavy (non-hydrogen) atoms. The average molecular weight is 307 g/mol. The van der Waals surface area contributed by atoms with Crippen LogP contribution in [0, 0.1) is 13.8 Å². The number of aryl methyl sites for hydroxylation is 2. The van der Waals surface area contributed by atoms with Crippen LogP contribution < -0.4 is 9.47 Å². The lowest BCUT2D eigenvalue weighted by Gasteiger charge is -2.09. The summed E-state index contributed by atoms with van der Waals surface area (Å²) in [5.74, 6) is 1.98. The van der Waals surface area contributed by atoms with Gasteiger partial charge in [-0.1, -0.05) is 17.7 Å². The molecule has 1 aromatic carbocycles. The zero-order valence-electron chi connectivity index (χ0n) is 12.5. The van der Waals surface area contributed by atoms with Crippen LogP contribution in [0.2, 0.25) is 5.15 Å². The Labute approximate surface area is 130 Å². The van der Waals surface area contributed by atoms with E-state index in [0.717, 1.165) is 5.75 Å². The summed E-state index contributed by atoms with van der Waals surface area (Å²) in [6.45, 7) is 7.04. The van der Waals surface area contributed by atoms with Crippen molar-refractivity contribution in [1.82, 2.24) is 9.97 Å². The van der Waals surface area contributed by atoms with E-state index in [1.54, 1.807) is 6.07 Å². The van der Waals surface area contributed by atoms with Gasteiger partial charge in [0.2, 0.25) is 5.88 Å². The second-order valence-corrected chi connectivity index (χ2v) is 5.19. The van der Waals surface area contributed by atoms with Gasteiger partial charge in [0.05, 0.1) is 13.2 Å². The highest BCUT2D eigenvalue weighted by Gasteiger charge is 2.05. The first-order valence-corrected chi connectivity index (χ1v) is 7.32. The third-order valence-electron chi connectivity index (χ3n) is 2.80. The second-order valence-electron chi connectivity index (χ2n) is 4.80. The van der Waals surface area contributed by atoms with Crippen LogP contribution in [-0.4, -0.2) is 23.2 Å². The average Bonchev–Trinajstić information content (AvgIpc) is 2.37. The van der Waals surface area contributed by atoms with Gasteiger partial charge < -0.3 is 9.47 Å². The largest absolute Gasteiger partial charge is 0.493 e. The lowest BCUT2D eigenvalue weighted by molar-refractivity contribution is 0.310. The summed E-state index contributed by atoms with van der Waals surface area (Å²) in [5, 5.41) is 0.384. The lowest BCUT2D eigenvalue weighted by atomic mass is 10.1. The number of hydrogen-bond acceptors (Lipinski definition) is 4. The quantitative estimate of drug-likeness (QED) is 0.762. The van der Waals surface area contributed by atoms with Crippen LogP contribution in [-0.2, 0) is 6.42 Å². The van der Waals surface area contributed by atoms with Crippen molar-refractivity contribution >= 4 is 11.6 Å². The molecule has 2 aromatic rings.